The predicted molar refractivity (Wildman–Crippen MR) is 108 cm³/mol. The summed E-state index contributed by atoms with van der Waals surface area (Å²) in [5, 5.41) is 0.887. The van der Waals surface area contributed by atoms with Crippen molar-refractivity contribution in [1.82, 2.24) is 14.5 Å². The molecule has 0 radical (unpaired) electrons. The third-order valence-electron chi connectivity index (χ3n) is 5.56. The fraction of sp³-hybridized carbons (Fsp3) is 0.700. The van der Waals surface area contributed by atoms with Crippen molar-refractivity contribution < 1.29 is 4.74 Å². The number of fused-ring (bicyclic) bond motifs is 3. The van der Waals surface area contributed by atoms with Crippen LogP contribution in [0.15, 0.2) is 4.79 Å². The van der Waals surface area contributed by atoms with Crippen LogP contribution < -0.4 is 5.56 Å². The van der Waals surface area contributed by atoms with E-state index in [9.17, 15) is 4.79 Å². The van der Waals surface area contributed by atoms with Crippen LogP contribution in [-0.4, -0.2) is 47.8 Å². The van der Waals surface area contributed by atoms with E-state index in [1.165, 1.54) is 16.9 Å². The molecule has 1 atom stereocenters. The molecule has 0 aliphatic heterocycles. The highest BCUT2D eigenvalue weighted by Crippen LogP contribution is 2.35. The Bertz CT molecular complexity index is 807. The zero-order chi connectivity index (χ0) is 18.7. The minimum absolute atomic E-state index is 0.153. The largest absolute Gasteiger partial charge is 0.384 e. The second-order valence-corrected chi connectivity index (χ2v) is 8.37. The molecule has 26 heavy (non-hydrogen) atoms. The average molecular weight is 378 g/mol. The topological polar surface area (TPSA) is 47.4 Å². The summed E-state index contributed by atoms with van der Waals surface area (Å²) >= 11 is 1.73. The Kier molecular flexibility index (Phi) is 6.48. The van der Waals surface area contributed by atoms with E-state index in [-0.39, 0.29) is 5.56 Å². The summed E-state index contributed by atoms with van der Waals surface area (Å²) in [5.74, 6) is 1.57. The molecule has 3 rings (SSSR count). The lowest BCUT2D eigenvalue weighted by Crippen LogP contribution is -2.33. The third kappa shape index (κ3) is 3.87. The van der Waals surface area contributed by atoms with Gasteiger partial charge in [-0.05, 0) is 43.8 Å². The minimum Gasteiger partial charge on any atom is -0.384 e. The van der Waals surface area contributed by atoms with Crippen LogP contribution in [0.2, 0.25) is 0 Å². The summed E-state index contributed by atoms with van der Waals surface area (Å²) in [6.07, 6.45) is 3.95. The van der Waals surface area contributed by atoms with E-state index in [1.807, 2.05) is 4.57 Å². The highest BCUT2D eigenvalue weighted by Gasteiger charge is 2.24. The molecule has 5 nitrogen and oxygen atoms in total. The number of hydrogen-bond donors (Lipinski definition) is 0. The fourth-order valence-electron chi connectivity index (χ4n) is 3.86. The van der Waals surface area contributed by atoms with Crippen LogP contribution >= 0.6 is 11.3 Å². The molecule has 0 N–H and O–H groups in total. The van der Waals surface area contributed by atoms with Gasteiger partial charge in [0, 0.05) is 31.5 Å². The van der Waals surface area contributed by atoms with Crippen LogP contribution in [-0.2, 0) is 30.5 Å². The monoisotopic (exact) mass is 377 g/mol. The second-order valence-electron chi connectivity index (χ2n) is 7.29. The number of nitrogens with zero attached hydrogens (tertiary/aromatic N) is 3. The van der Waals surface area contributed by atoms with Gasteiger partial charge in [-0.1, -0.05) is 20.8 Å². The number of ether oxygens (including phenoxy) is 1. The summed E-state index contributed by atoms with van der Waals surface area (Å²) in [5.41, 5.74) is 1.43. The molecule has 0 spiro atoms. The van der Waals surface area contributed by atoms with Gasteiger partial charge >= 0.3 is 0 Å². The van der Waals surface area contributed by atoms with Gasteiger partial charge in [-0.3, -0.25) is 9.36 Å². The minimum atomic E-state index is 0.153. The summed E-state index contributed by atoms with van der Waals surface area (Å²) in [7, 11) is 1.70. The Morgan fingerprint density at radius 2 is 2.12 bits per heavy atom. The van der Waals surface area contributed by atoms with E-state index >= 15 is 0 Å². The molecule has 1 aliphatic rings. The van der Waals surface area contributed by atoms with Crippen molar-refractivity contribution in [3.63, 3.8) is 0 Å². The first-order valence-electron chi connectivity index (χ1n) is 9.84. The molecule has 0 aromatic carbocycles. The summed E-state index contributed by atoms with van der Waals surface area (Å²) < 4.78 is 7.16. The maximum absolute atomic E-state index is 13.4. The number of hydrogen-bond acceptors (Lipinski definition) is 5. The van der Waals surface area contributed by atoms with Crippen molar-refractivity contribution in [2.75, 3.05) is 33.4 Å². The Balaban J connectivity index is 2.04. The van der Waals surface area contributed by atoms with Crippen molar-refractivity contribution >= 4 is 21.6 Å². The zero-order valence-corrected chi connectivity index (χ0v) is 17.3. The molecule has 1 aliphatic carbocycles. The molecule has 0 saturated heterocycles. The van der Waals surface area contributed by atoms with Crippen LogP contribution in [0.25, 0.3) is 10.2 Å². The van der Waals surface area contributed by atoms with Gasteiger partial charge in [-0.25, -0.2) is 4.98 Å². The fourth-order valence-corrected chi connectivity index (χ4v) is 5.25. The van der Waals surface area contributed by atoms with Gasteiger partial charge in [0.05, 0.1) is 12.0 Å². The average Bonchev–Trinajstić information content (AvgIpc) is 2.99. The number of thiophene rings is 1. The second kappa shape index (κ2) is 8.63. The normalized spacial score (nSPS) is 17.2. The van der Waals surface area contributed by atoms with E-state index in [1.54, 1.807) is 18.4 Å². The van der Waals surface area contributed by atoms with Crippen molar-refractivity contribution in [3.8, 4) is 0 Å². The third-order valence-corrected chi connectivity index (χ3v) is 6.71. The molecular formula is C20H31N3O2S. The molecule has 0 amide bonds. The summed E-state index contributed by atoms with van der Waals surface area (Å²) in [6, 6.07) is 0. The smallest absolute Gasteiger partial charge is 0.262 e. The van der Waals surface area contributed by atoms with Crippen molar-refractivity contribution in [2.45, 2.75) is 53.0 Å². The lowest BCUT2D eigenvalue weighted by Gasteiger charge is -2.20. The number of rotatable bonds is 8. The summed E-state index contributed by atoms with van der Waals surface area (Å²) in [6.45, 7) is 10.8. The van der Waals surface area contributed by atoms with Crippen LogP contribution in [0.5, 0.6) is 0 Å². The van der Waals surface area contributed by atoms with Crippen LogP contribution in [0.1, 0.15) is 43.5 Å². The molecule has 0 fully saturated rings. The lowest BCUT2D eigenvalue weighted by molar-refractivity contribution is 0.198. The number of aryl methyl sites for hydroxylation is 1. The predicted octanol–water partition coefficient (Wildman–Crippen LogP) is 3.11. The molecule has 2 aromatic rings. The SMILES string of the molecule is CCN(CC)CCn1c(CCOC)nc2sc3c(c2c1=O)CCC(C)C3. The van der Waals surface area contributed by atoms with Crippen LogP contribution in [0, 0.1) is 5.92 Å². The highest BCUT2D eigenvalue weighted by atomic mass is 32.1. The first-order chi connectivity index (χ1) is 12.6. The van der Waals surface area contributed by atoms with Gasteiger partial charge in [0.2, 0.25) is 0 Å². The molecule has 6 heteroatoms. The molecule has 1 unspecified atom stereocenters. The maximum atomic E-state index is 13.4. The zero-order valence-electron chi connectivity index (χ0n) is 16.5. The van der Waals surface area contributed by atoms with E-state index in [2.05, 4.69) is 25.7 Å². The van der Waals surface area contributed by atoms with Crippen LogP contribution in [0.4, 0.5) is 0 Å². The van der Waals surface area contributed by atoms with Crippen molar-refractivity contribution in [1.29, 1.82) is 0 Å². The molecular weight excluding hydrogens is 346 g/mol. The summed E-state index contributed by atoms with van der Waals surface area (Å²) in [4.78, 5) is 23.0. The Labute approximate surface area is 160 Å². The Morgan fingerprint density at radius 1 is 1.35 bits per heavy atom. The maximum Gasteiger partial charge on any atom is 0.262 e. The number of aromatic nitrogens is 2. The number of methoxy groups -OCH3 is 1. The van der Waals surface area contributed by atoms with Gasteiger partial charge in [-0.2, -0.15) is 0 Å². The van der Waals surface area contributed by atoms with Gasteiger partial charge in [-0.15, -0.1) is 11.3 Å². The first kappa shape index (κ1) is 19.5. The van der Waals surface area contributed by atoms with Gasteiger partial charge in [0.15, 0.2) is 0 Å². The standard InChI is InChI=1S/C20H31N3O2S/c1-5-22(6-2)10-11-23-17(9-12-25-4)21-19-18(20(23)24)15-8-7-14(3)13-16(15)26-19/h14H,5-13H2,1-4H3. The molecule has 2 aromatic heterocycles. The van der Waals surface area contributed by atoms with E-state index in [0.29, 0.717) is 25.5 Å². The van der Waals surface area contributed by atoms with E-state index < -0.39 is 0 Å². The Morgan fingerprint density at radius 3 is 2.81 bits per heavy atom. The van der Waals surface area contributed by atoms with Crippen LogP contribution in [0.3, 0.4) is 0 Å². The molecule has 144 valence electrons. The van der Waals surface area contributed by atoms with E-state index in [0.717, 1.165) is 48.5 Å². The molecule has 2 heterocycles. The van der Waals surface area contributed by atoms with Gasteiger partial charge < -0.3 is 9.64 Å². The van der Waals surface area contributed by atoms with E-state index in [4.69, 9.17) is 9.72 Å². The van der Waals surface area contributed by atoms with Crippen molar-refractivity contribution in [3.05, 3.63) is 26.6 Å². The number of likely N-dealkylation sites (N-methyl/N-ethyl adjacent to an activating group) is 1. The molecule has 0 saturated carbocycles. The van der Waals surface area contributed by atoms with Gasteiger partial charge in [0.1, 0.15) is 10.7 Å². The lowest BCUT2D eigenvalue weighted by atomic mass is 9.89. The Hall–Kier alpha value is -1.24. The van der Waals surface area contributed by atoms with Crippen molar-refractivity contribution in [2.24, 2.45) is 5.92 Å². The molecule has 0 bridgehead atoms. The first-order valence-corrected chi connectivity index (χ1v) is 10.7. The van der Waals surface area contributed by atoms with Gasteiger partial charge in [0.25, 0.3) is 5.56 Å². The highest BCUT2D eigenvalue weighted by molar-refractivity contribution is 7.18. The quantitative estimate of drug-likeness (QED) is 0.709.